The minimum Gasteiger partial charge on any atom is -0.466 e. The first kappa shape index (κ1) is 19.0. The van der Waals surface area contributed by atoms with Gasteiger partial charge in [-0.3, -0.25) is 15.6 Å². The van der Waals surface area contributed by atoms with E-state index in [1.54, 1.807) is 12.5 Å². The number of anilines is 2. The van der Waals surface area contributed by atoms with Gasteiger partial charge in [0.2, 0.25) is 11.6 Å². The van der Waals surface area contributed by atoms with Gasteiger partial charge in [-0.05, 0) is 36.8 Å². The Hall–Kier alpha value is -3.37. The molecule has 3 aromatic heterocycles. The Labute approximate surface area is 170 Å². The van der Waals surface area contributed by atoms with Gasteiger partial charge < -0.3 is 9.32 Å². The lowest BCUT2D eigenvalue weighted by Gasteiger charge is -2.26. The third kappa shape index (κ3) is 4.23. The Bertz CT molecular complexity index is 994. The standard InChI is InChI=1S/C22H24N6O/c1-2-28-10-8-18-19(12-23)21(25-13-16-6-3-4-9-24-16)27-22(20(18)15-28)26-14-17-7-5-11-29-17/h3-7,9,11H,2,8,10,13-15H2,1H3,(H2,25,26,27)/p+2. The fraction of sp³-hybridized carbons (Fsp3) is 0.318. The van der Waals surface area contributed by atoms with E-state index >= 15 is 0 Å². The molecular formula is C22H26N6O+2. The van der Waals surface area contributed by atoms with Crippen molar-refractivity contribution in [2.24, 2.45) is 0 Å². The molecule has 148 valence electrons. The van der Waals surface area contributed by atoms with Crippen molar-refractivity contribution >= 4 is 11.6 Å². The molecule has 1 aliphatic heterocycles. The summed E-state index contributed by atoms with van der Waals surface area (Å²) in [6, 6.07) is 12.1. The van der Waals surface area contributed by atoms with Crippen LogP contribution in [0, 0.1) is 11.3 Å². The Balaban J connectivity index is 1.66. The highest BCUT2D eigenvalue weighted by Gasteiger charge is 2.30. The largest absolute Gasteiger partial charge is 0.466 e. The normalized spacial score (nSPS) is 15.4. The van der Waals surface area contributed by atoms with Crippen molar-refractivity contribution < 1.29 is 14.3 Å². The summed E-state index contributed by atoms with van der Waals surface area (Å²) >= 11 is 0. The van der Waals surface area contributed by atoms with Gasteiger partial charge in [-0.15, -0.1) is 0 Å². The van der Waals surface area contributed by atoms with Crippen LogP contribution in [0.5, 0.6) is 0 Å². The highest BCUT2D eigenvalue weighted by atomic mass is 16.3. The van der Waals surface area contributed by atoms with Gasteiger partial charge in [0, 0.05) is 12.6 Å². The number of pyridine rings is 2. The summed E-state index contributed by atoms with van der Waals surface area (Å²) in [5.41, 5.74) is 3.96. The molecule has 4 N–H and O–H groups in total. The number of aromatic nitrogens is 2. The molecule has 0 amide bonds. The lowest BCUT2D eigenvalue weighted by atomic mass is 9.95. The van der Waals surface area contributed by atoms with E-state index in [0.717, 1.165) is 54.7 Å². The van der Waals surface area contributed by atoms with Crippen molar-refractivity contribution in [1.29, 1.82) is 5.26 Å². The van der Waals surface area contributed by atoms with Crippen molar-refractivity contribution in [3.63, 3.8) is 0 Å². The molecule has 0 saturated carbocycles. The van der Waals surface area contributed by atoms with Gasteiger partial charge in [-0.1, -0.05) is 6.07 Å². The Kier molecular flexibility index (Phi) is 5.73. The summed E-state index contributed by atoms with van der Waals surface area (Å²) in [5, 5.41) is 16.8. The molecule has 1 unspecified atom stereocenters. The van der Waals surface area contributed by atoms with E-state index in [9.17, 15) is 5.26 Å². The van der Waals surface area contributed by atoms with Crippen molar-refractivity contribution in [3.8, 4) is 6.07 Å². The monoisotopic (exact) mass is 390 g/mol. The van der Waals surface area contributed by atoms with E-state index in [1.165, 1.54) is 10.5 Å². The molecule has 7 heteroatoms. The Morgan fingerprint density at radius 3 is 2.79 bits per heavy atom. The number of furan rings is 1. The third-order valence-electron chi connectivity index (χ3n) is 5.43. The zero-order chi connectivity index (χ0) is 20.1. The number of rotatable bonds is 7. The van der Waals surface area contributed by atoms with Crippen LogP contribution in [0.4, 0.5) is 11.6 Å². The molecule has 4 rings (SSSR count). The van der Waals surface area contributed by atoms with Crippen molar-refractivity contribution in [2.75, 3.05) is 23.7 Å². The number of likely N-dealkylation sites (N-methyl/N-ethyl adjacent to an activating group) is 1. The lowest BCUT2D eigenvalue weighted by Crippen LogP contribution is -3.11. The number of quaternary nitrogens is 1. The van der Waals surface area contributed by atoms with Gasteiger partial charge in [0.15, 0.2) is 0 Å². The lowest BCUT2D eigenvalue weighted by molar-refractivity contribution is -0.914. The molecule has 0 bridgehead atoms. The number of hydrogen-bond acceptors (Lipinski definition) is 5. The molecule has 4 heterocycles. The van der Waals surface area contributed by atoms with Crippen LogP contribution in [0.3, 0.4) is 0 Å². The molecule has 0 aliphatic carbocycles. The number of nitrogens with one attached hydrogen (secondary N) is 4. The SMILES string of the molecule is CC[NH+]1CCc2c(C#N)c(NCc3ccccn3)[nH+]c(NCc3ccco3)c2C1. The summed E-state index contributed by atoms with van der Waals surface area (Å²) in [6.45, 7) is 6.35. The van der Waals surface area contributed by atoms with Crippen LogP contribution >= 0.6 is 0 Å². The van der Waals surface area contributed by atoms with E-state index in [0.29, 0.717) is 18.7 Å². The minimum atomic E-state index is 0.550. The molecule has 0 fully saturated rings. The first-order valence-electron chi connectivity index (χ1n) is 10.0. The van der Waals surface area contributed by atoms with Crippen LogP contribution in [0.15, 0.2) is 47.2 Å². The molecular weight excluding hydrogens is 364 g/mol. The second kappa shape index (κ2) is 8.76. The number of nitriles is 1. The third-order valence-corrected chi connectivity index (χ3v) is 5.43. The van der Waals surface area contributed by atoms with Crippen LogP contribution in [0.25, 0.3) is 0 Å². The maximum atomic E-state index is 9.90. The smallest absolute Gasteiger partial charge is 0.238 e. The van der Waals surface area contributed by atoms with Crippen LogP contribution < -0.4 is 20.5 Å². The van der Waals surface area contributed by atoms with E-state index in [-0.39, 0.29) is 0 Å². The first-order chi connectivity index (χ1) is 14.3. The molecule has 1 atom stereocenters. The predicted octanol–water partition coefficient (Wildman–Crippen LogP) is 1.55. The van der Waals surface area contributed by atoms with Crippen LogP contribution in [0.2, 0.25) is 0 Å². The van der Waals surface area contributed by atoms with Crippen LogP contribution in [0.1, 0.15) is 35.1 Å². The van der Waals surface area contributed by atoms with Crippen molar-refractivity contribution in [2.45, 2.75) is 33.0 Å². The molecule has 1 aliphatic rings. The summed E-state index contributed by atoms with van der Waals surface area (Å²) in [5.74, 6) is 2.55. The van der Waals surface area contributed by atoms with Crippen LogP contribution in [-0.4, -0.2) is 18.1 Å². The van der Waals surface area contributed by atoms with Gasteiger partial charge in [0.1, 0.15) is 37.0 Å². The van der Waals surface area contributed by atoms with E-state index in [4.69, 9.17) is 4.42 Å². The second-order valence-corrected chi connectivity index (χ2v) is 7.21. The quantitative estimate of drug-likeness (QED) is 0.569. The molecule has 0 saturated heterocycles. The number of nitrogens with zero attached hydrogens (tertiary/aromatic N) is 2. The average molecular weight is 390 g/mol. The molecule has 0 radical (unpaired) electrons. The maximum absolute atomic E-state index is 9.90. The Morgan fingerprint density at radius 2 is 2.07 bits per heavy atom. The minimum absolute atomic E-state index is 0.550. The van der Waals surface area contributed by atoms with Crippen molar-refractivity contribution in [3.05, 3.63) is 70.9 Å². The molecule has 7 nitrogen and oxygen atoms in total. The average Bonchev–Trinajstić information content (AvgIpc) is 3.30. The molecule has 0 spiro atoms. The number of hydrogen-bond donors (Lipinski definition) is 3. The van der Waals surface area contributed by atoms with E-state index < -0.39 is 0 Å². The van der Waals surface area contributed by atoms with Gasteiger partial charge in [-0.25, -0.2) is 4.98 Å². The van der Waals surface area contributed by atoms with E-state index in [2.05, 4.69) is 33.6 Å². The summed E-state index contributed by atoms with van der Waals surface area (Å²) in [6.07, 6.45) is 4.35. The van der Waals surface area contributed by atoms with Crippen LogP contribution in [-0.2, 0) is 26.1 Å². The van der Waals surface area contributed by atoms with Gasteiger partial charge in [0.05, 0.1) is 30.6 Å². The topological polar surface area (TPSA) is 92.5 Å². The number of H-pyrrole nitrogens is 1. The summed E-state index contributed by atoms with van der Waals surface area (Å²) in [4.78, 5) is 9.32. The molecule has 3 aromatic rings. The summed E-state index contributed by atoms with van der Waals surface area (Å²) < 4.78 is 5.46. The van der Waals surface area contributed by atoms with Crippen molar-refractivity contribution in [1.82, 2.24) is 4.98 Å². The fourth-order valence-electron chi connectivity index (χ4n) is 3.81. The number of aromatic amines is 1. The fourth-order valence-corrected chi connectivity index (χ4v) is 3.81. The second-order valence-electron chi connectivity index (χ2n) is 7.21. The zero-order valence-corrected chi connectivity index (χ0v) is 16.6. The van der Waals surface area contributed by atoms with E-state index in [1.807, 2.05) is 30.3 Å². The van der Waals surface area contributed by atoms with Gasteiger partial charge in [-0.2, -0.15) is 5.26 Å². The predicted molar refractivity (Wildman–Crippen MR) is 109 cm³/mol. The molecule has 29 heavy (non-hydrogen) atoms. The highest BCUT2D eigenvalue weighted by molar-refractivity contribution is 5.60. The zero-order valence-electron chi connectivity index (χ0n) is 16.6. The first-order valence-corrected chi connectivity index (χ1v) is 10.0. The van der Waals surface area contributed by atoms with Gasteiger partial charge >= 0.3 is 0 Å². The van der Waals surface area contributed by atoms with Gasteiger partial charge in [0.25, 0.3) is 0 Å². The maximum Gasteiger partial charge on any atom is 0.238 e. The summed E-state index contributed by atoms with van der Waals surface area (Å²) in [7, 11) is 0. The molecule has 0 aromatic carbocycles. The number of fused-ring (bicyclic) bond motifs is 1. The Morgan fingerprint density at radius 1 is 1.17 bits per heavy atom. The highest BCUT2D eigenvalue weighted by Crippen LogP contribution is 2.26.